The molecule has 1 N–H and O–H groups in total. The number of nitrogens with zero attached hydrogens (tertiary/aromatic N) is 1. The van der Waals surface area contributed by atoms with Crippen LogP contribution in [0.25, 0.3) is 0 Å². The molecule has 0 spiro atoms. The van der Waals surface area contributed by atoms with Gasteiger partial charge in [0.25, 0.3) is 5.91 Å². The minimum Gasteiger partial charge on any atom is -0.479 e. The summed E-state index contributed by atoms with van der Waals surface area (Å²) in [6, 6.07) is 13.6. The first-order chi connectivity index (χ1) is 15.6. The summed E-state index contributed by atoms with van der Waals surface area (Å²) in [7, 11) is 0. The van der Waals surface area contributed by atoms with E-state index in [4.69, 9.17) is 9.47 Å². The lowest BCUT2D eigenvalue weighted by molar-refractivity contribution is -0.129. The van der Waals surface area contributed by atoms with E-state index in [1.165, 1.54) is 11.0 Å². The summed E-state index contributed by atoms with van der Waals surface area (Å²) < 4.78 is 10.8. The van der Waals surface area contributed by atoms with Crippen molar-refractivity contribution in [3.8, 4) is 5.75 Å². The number of para-hydroxylation sites is 3. The number of ketones is 1. The lowest BCUT2D eigenvalue weighted by Crippen LogP contribution is -2.45. The van der Waals surface area contributed by atoms with Crippen LogP contribution in [0, 0.1) is 5.41 Å². The van der Waals surface area contributed by atoms with Gasteiger partial charge in [-0.15, -0.1) is 0 Å². The van der Waals surface area contributed by atoms with Crippen LogP contribution in [0.15, 0.2) is 48.5 Å². The number of rotatable bonds is 7. The molecule has 1 atom stereocenters. The Balaban J connectivity index is 1.64. The van der Waals surface area contributed by atoms with Gasteiger partial charge in [-0.25, -0.2) is 4.79 Å². The van der Waals surface area contributed by atoms with Crippen molar-refractivity contribution in [2.45, 2.75) is 40.2 Å². The van der Waals surface area contributed by atoms with Crippen LogP contribution in [0.5, 0.6) is 5.75 Å². The topological polar surface area (TPSA) is 102 Å². The van der Waals surface area contributed by atoms with Gasteiger partial charge in [0, 0.05) is 18.4 Å². The number of anilines is 2. The van der Waals surface area contributed by atoms with E-state index in [0.717, 1.165) is 0 Å². The first-order valence-electron chi connectivity index (χ1n) is 10.7. The first-order valence-corrected chi connectivity index (χ1v) is 10.7. The number of hydrogen-bond acceptors (Lipinski definition) is 6. The Morgan fingerprint density at radius 3 is 2.45 bits per heavy atom. The first kappa shape index (κ1) is 24.0. The Morgan fingerprint density at radius 2 is 1.73 bits per heavy atom. The number of carbonyl (C=O) groups is 4. The highest BCUT2D eigenvalue weighted by molar-refractivity contribution is 6.03. The van der Waals surface area contributed by atoms with Crippen molar-refractivity contribution in [3.63, 3.8) is 0 Å². The zero-order valence-corrected chi connectivity index (χ0v) is 19.2. The van der Waals surface area contributed by atoms with Crippen LogP contribution < -0.4 is 15.0 Å². The van der Waals surface area contributed by atoms with E-state index in [-0.39, 0.29) is 48.4 Å². The van der Waals surface area contributed by atoms with E-state index in [1.54, 1.807) is 64.1 Å². The molecule has 0 bridgehead atoms. The zero-order valence-electron chi connectivity index (χ0n) is 19.2. The Labute approximate surface area is 192 Å². The number of ether oxygens (including phenoxy) is 2. The molecule has 8 heteroatoms. The van der Waals surface area contributed by atoms with Crippen LogP contribution in [0.1, 0.15) is 44.5 Å². The number of hydrogen-bond donors (Lipinski definition) is 1. The van der Waals surface area contributed by atoms with Gasteiger partial charge in [0.15, 0.2) is 18.5 Å². The van der Waals surface area contributed by atoms with E-state index in [9.17, 15) is 19.2 Å². The number of esters is 1. The molecule has 1 aliphatic heterocycles. The van der Waals surface area contributed by atoms with Crippen molar-refractivity contribution in [1.29, 1.82) is 0 Å². The molecular weight excluding hydrogens is 424 g/mol. The maximum Gasteiger partial charge on any atom is 0.340 e. The molecule has 1 aliphatic rings. The molecule has 33 heavy (non-hydrogen) atoms. The summed E-state index contributed by atoms with van der Waals surface area (Å²) >= 11 is 0. The standard InChI is InChI=1S/C25H28N2O6/c1-16-23(30)27(19-11-7-8-12-20(19)33-16)14-13-22(29)26-18-10-6-5-9-17(18)24(31)32-15-21(28)25(2,3)4/h5-12,16H,13-15H2,1-4H3,(H,26,29)/t16-/m1/s1. The van der Waals surface area contributed by atoms with Crippen molar-refractivity contribution in [2.75, 3.05) is 23.4 Å². The average Bonchev–Trinajstić information content (AvgIpc) is 2.77. The molecule has 1 heterocycles. The highest BCUT2D eigenvalue weighted by Gasteiger charge is 2.31. The van der Waals surface area contributed by atoms with Gasteiger partial charge in [-0.3, -0.25) is 14.4 Å². The molecule has 0 aliphatic carbocycles. The van der Waals surface area contributed by atoms with Gasteiger partial charge in [-0.05, 0) is 31.2 Å². The van der Waals surface area contributed by atoms with Gasteiger partial charge in [0.05, 0.1) is 16.9 Å². The molecule has 0 unspecified atom stereocenters. The van der Waals surface area contributed by atoms with Crippen molar-refractivity contribution in [1.82, 2.24) is 0 Å². The maximum absolute atomic E-state index is 12.6. The Kier molecular flexibility index (Phi) is 7.16. The average molecular weight is 453 g/mol. The molecule has 174 valence electrons. The maximum atomic E-state index is 12.6. The second-order valence-corrected chi connectivity index (χ2v) is 8.81. The quantitative estimate of drug-likeness (QED) is 0.644. The van der Waals surface area contributed by atoms with Gasteiger partial charge < -0.3 is 19.7 Å². The van der Waals surface area contributed by atoms with Gasteiger partial charge >= 0.3 is 5.97 Å². The van der Waals surface area contributed by atoms with Crippen molar-refractivity contribution in [3.05, 3.63) is 54.1 Å². The van der Waals surface area contributed by atoms with Gasteiger partial charge in [-0.1, -0.05) is 45.0 Å². The minimum absolute atomic E-state index is 0.0126. The molecule has 8 nitrogen and oxygen atoms in total. The molecule has 3 rings (SSSR count). The van der Waals surface area contributed by atoms with Crippen LogP contribution in [-0.4, -0.2) is 42.8 Å². The molecular formula is C25H28N2O6. The number of benzene rings is 2. The zero-order chi connectivity index (χ0) is 24.2. The fourth-order valence-electron chi connectivity index (χ4n) is 3.21. The fourth-order valence-corrected chi connectivity index (χ4v) is 3.21. The molecule has 0 saturated heterocycles. The van der Waals surface area contributed by atoms with E-state index < -0.39 is 17.5 Å². The Bertz CT molecular complexity index is 1070. The van der Waals surface area contributed by atoms with Gasteiger partial charge in [0.1, 0.15) is 5.75 Å². The van der Waals surface area contributed by atoms with Crippen molar-refractivity contribution < 1.29 is 28.7 Å². The number of nitrogens with one attached hydrogen (secondary N) is 1. The Hall–Kier alpha value is -3.68. The van der Waals surface area contributed by atoms with Crippen LogP contribution in [0.4, 0.5) is 11.4 Å². The minimum atomic E-state index is -0.699. The van der Waals surface area contributed by atoms with Crippen molar-refractivity contribution in [2.24, 2.45) is 5.41 Å². The summed E-state index contributed by atoms with van der Waals surface area (Å²) in [4.78, 5) is 51.3. The van der Waals surface area contributed by atoms with Gasteiger partial charge in [0.2, 0.25) is 5.91 Å². The molecule has 2 aromatic rings. The van der Waals surface area contributed by atoms with E-state index >= 15 is 0 Å². The molecule has 0 fully saturated rings. The van der Waals surface area contributed by atoms with Crippen LogP contribution in [0.2, 0.25) is 0 Å². The lowest BCUT2D eigenvalue weighted by Gasteiger charge is -2.32. The summed E-state index contributed by atoms with van der Waals surface area (Å²) in [5.74, 6) is -0.918. The third-order valence-electron chi connectivity index (χ3n) is 5.23. The molecule has 0 radical (unpaired) electrons. The summed E-state index contributed by atoms with van der Waals surface area (Å²) in [5.41, 5.74) is 0.411. The molecule has 2 amide bonds. The van der Waals surface area contributed by atoms with Crippen LogP contribution >= 0.6 is 0 Å². The van der Waals surface area contributed by atoms with E-state index in [1.807, 2.05) is 6.07 Å². The normalized spacial score (nSPS) is 15.3. The molecule has 0 saturated carbocycles. The largest absolute Gasteiger partial charge is 0.479 e. The predicted octanol–water partition coefficient (Wildman–Crippen LogP) is 3.60. The predicted molar refractivity (Wildman–Crippen MR) is 123 cm³/mol. The van der Waals surface area contributed by atoms with E-state index in [0.29, 0.717) is 11.4 Å². The monoisotopic (exact) mass is 452 g/mol. The molecule has 2 aromatic carbocycles. The number of fused-ring (bicyclic) bond motifs is 1. The Morgan fingerprint density at radius 1 is 1.06 bits per heavy atom. The highest BCUT2D eigenvalue weighted by Crippen LogP contribution is 2.33. The summed E-state index contributed by atoms with van der Waals surface area (Å²) in [6.45, 7) is 6.71. The molecule has 0 aromatic heterocycles. The third kappa shape index (κ3) is 5.77. The third-order valence-corrected chi connectivity index (χ3v) is 5.23. The van der Waals surface area contributed by atoms with Crippen LogP contribution in [-0.2, 0) is 19.1 Å². The number of carbonyl (C=O) groups excluding carboxylic acids is 4. The summed E-state index contributed by atoms with van der Waals surface area (Å²) in [5, 5.41) is 2.70. The van der Waals surface area contributed by atoms with Crippen LogP contribution in [0.3, 0.4) is 0 Å². The fraction of sp³-hybridized carbons (Fsp3) is 0.360. The number of amides is 2. The highest BCUT2D eigenvalue weighted by atomic mass is 16.5. The smallest absolute Gasteiger partial charge is 0.340 e. The van der Waals surface area contributed by atoms with E-state index in [2.05, 4.69) is 5.32 Å². The number of Topliss-reactive ketones (excluding diaryl/α,β-unsaturated/α-hetero) is 1. The van der Waals surface area contributed by atoms with Crippen molar-refractivity contribution >= 4 is 34.9 Å². The lowest BCUT2D eigenvalue weighted by atomic mass is 9.91. The second kappa shape index (κ2) is 9.85. The van der Waals surface area contributed by atoms with Gasteiger partial charge in [-0.2, -0.15) is 0 Å². The summed E-state index contributed by atoms with van der Waals surface area (Å²) in [6.07, 6.45) is -0.632. The SMILES string of the molecule is C[C@H]1Oc2ccccc2N(CCC(=O)Nc2ccccc2C(=O)OCC(=O)C(C)(C)C)C1=O. The second-order valence-electron chi connectivity index (χ2n) is 8.81.